The molecule has 0 saturated heterocycles. The van der Waals surface area contributed by atoms with Gasteiger partial charge in [0.05, 0.1) is 0 Å². The minimum absolute atomic E-state index is 0.0325. The molecule has 0 atom stereocenters. The van der Waals surface area contributed by atoms with Crippen LogP contribution in [0.3, 0.4) is 0 Å². The smallest absolute Gasteiger partial charge is 0.236 e. The maximum absolute atomic E-state index is 12.5. The van der Waals surface area contributed by atoms with Gasteiger partial charge in [-0.05, 0) is 48.9 Å². The highest BCUT2D eigenvalue weighted by molar-refractivity contribution is 7.16. The van der Waals surface area contributed by atoms with Crippen molar-refractivity contribution in [1.29, 1.82) is 0 Å². The average Bonchev–Trinajstić information content (AvgIpc) is 2.57. The topological polar surface area (TPSA) is 34.1 Å². The van der Waals surface area contributed by atoms with Crippen LogP contribution < -0.4 is 9.48 Å². The van der Waals surface area contributed by atoms with Crippen LogP contribution in [0.4, 0.5) is 0 Å². The first kappa shape index (κ1) is 16.2. The van der Waals surface area contributed by atoms with E-state index in [0.717, 1.165) is 31.3 Å². The van der Waals surface area contributed by atoms with Crippen LogP contribution in [0.15, 0.2) is 58.1 Å². The number of rotatable bonds is 2. The summed E-state index contributed by atoms with van der Waals surface area (Å²) in [5.41, 5.74) is 3.72. The molecule has 2 heterocycles. The first-order valence-electron chi connectivity index (χ1n) is 8.06. The molecule has 0 N–H and O–H groups in total. The fourth-order valence-electron chi connectivity index (χ4n) is 3.02. The highest BCUT2D eigenvalue weighted by atomic mass is 32.1. The molecule has 0 spiro atoms. The Balaban J connectivity index is 1.84. The van der Waals surface area contributed by atoms with Crippen LogP contribution in [0, 0.1) is 13.8 Å². The number of benzene rings is 2. The van der Waals surface area contributed by atoms with Gasteiger partial charge in [0.25, 0.3) is 0 Å². The second-order valence-electron chi connectivity index (χ2n) is 6.38. The van der Waals surface area contributed by atoms with Crippen molar-refractivity contribution in [2.24, 2.45) is 0 Å². The molecule has 0 amide bonds. The van der Waals surface area contributed by atoms with Crippen molar-refractivity contribution < 1.29 is 0 Å². The van der Waals surface area contributed by atoms with Crippen molar-refractivity contribution >= 4 is 42.8 Å². The molecule has 0 bridgehead atoms. The average molecular weight is 364 g/mol. The summed E-state index contributed by atoms with van der Waals surface area (Å²) in [4.78, 5) is 24.9. The molecule has 0 aliphatic carbocycles. The van der Waals surface area contributed by atoms with Gasteiger partial charge in [0, 0.05) is 26.9 Å². The van der Waals surface area contributed by atoms with E-state index in [2.05, 4.69) is 12.1 Å². The molecule has 2 aromatic carbocycles. The molecular formula is C21H16O2S2. The second kappa shape index (κ2) is 6.21. The van der Waals surface area contributed by atoms with Crippen molar-refractivity contribution in [2.45, 2.75) is 20.3 Å². The SMILES string of the molecule is Cc1ccc2sc(=O)c(Cc3cc4cc(C)ccc4sc3=O)cc2c1. The summed E-state index contributed by atoms with van der Waals surface area (Å²) in [6.07, 6.45) is 0.387. The van der Waals surface area contributed by atoms with Crippen molar-refractivity contribution in [3.63, 3.8) is 0 Å². The monoisotopic (exact) mass is 364 g/mol. The molecule has 4 rings (SSSR count). The molecule has 0 aliphatic rings. The van der Waals surface area contributed by atoms with Gasteiger partial charge in [-0.2, -0.15) is 0 Å². The third-order valence-electron chi connectivity index (χ3n) is 4.30. The van der Waals surface area contributed by atoms with Gasteiger partial charge in [-0.3, -0.25) is 9.59 Å². The molecule has 4 aromatic rings. The van der Waals surface area contributed by atoms with Gasteiger partial charge in [0.1, 0.15) is 0 Å². The van der Waals surface area contributed by atoms with Crippen LogP contribution in [0.2, 0.25) is 0 Å². The van der Waals surface area contributed by atoms with Gasteiger partial charge in [-0.1, -0.05) is 58.1 Å². The van der Waals surface area contributed by atoms with Crippen molar-refractivity contribution in [1.82, 2.24) is 0 Å². The Morgan fingerprint density at radius 1 is 0.680 bits per heavy atom. The lowest BCUT2D eigenvalue weighted by atomic mass is 10.1. The second-order valence-corrected chi connectivity index (χ2v) is 8.41. The zero-order chi connectivity index (χ0) is 17.6. The van der Waals surface area contributed by atoms with E-state index in [1.807, 2.05) is 50.2 Å². The zero-order valence-corrected chi connectivity index (χ0v) is 15.6. The van der Waals surface area contributed by atoms with Crippen LogP contribution in [-0.4, -0.2) is 0 Å². The minimum atomic E-state index is 0.0325. The van der Waals surface area contributed by atoms with Crippen LogP contribution in [0.1, 0.15) is 22.3 Å². The Morgan fingerprint density at radius 3 is 1.56 bits per heavy atom. The third-order valence-corrected chi connectivity index (χ3v) is 6.38. The predicted octanol–water partition coefficient (Wildman–Crippen LogP) is 5.04. The highest BCUT2D eigenvalue weighted by Crippen LogP contribution is 2.22. The summed E-state index contributed by atoms with van der Waals surface area (Å²) in [6.45, 7) is 4.08. The lowest BCUT2D eigenvalue weighted by Crippen LogP contribution is -2.10. The summed E-state index contributed by atoms with van der Waals surface area (Å²) >= 11 is 2.51. The quantitative estimate of drug-likeness (QED) is 0.499. The Hall–Kier alpha value is -2.30. The molecule has 2 aromatic heterocycles. The summed E-state index contributed by atoms with van der Waals surface area (Å²) in [5.74, 6) is 0. The predicted molar refractivity (Wildman–Crippen MR) is 108 cm³/mol. The van der Waals surface area contributed by atoms with E-state index in [1.54, 1.807) is 0 Å². The van der Waals surface area contributed by atoms with Crippen molar-refractivity contribution in [3.8, 4) is 0 Å². The van der Waals surface area contributed by atoms with Gasteiger partial charge < -0.3 is 0 Å². The number of fused-ring (bicyclic) bond motifs is 2. The largest absolute Gasteiger partial charge is 0.278 e. The van der Waals surface area contributed by atoms with Crippen LogP contribution in [0.25, 0.3) is 20.2 Å². The molecule has 0 aliphatic heterocycles. The number of hydrogen-bond acceptors (Lipinski definition) is 4. The standard InChI is InChI=1S/C21H16O2S2/c1-12-3-5-18-14(7-12)9-16(20(22)24-18)11-17-10-15-8-13(2)4-6-19(15)25-21(17)23/h3-10H,11H2,1-2H3. The van der Waals surface area contributed by atoms with E-state index in [0.29, 0.717) is 17.5 Å². The normalized spacial score (nSPS) is 11.3. The lowest BCUT2D eigenvalue weighted by Gasteiger charge is -2.05. The van der Waals surface area contributed by atoms with E-state index >= 15 is 0 Å². The van der Waals surface area contributed by atoms with Crippen molar-refractivity contribution in [2.75, 3.05) is 0 Å². The Bertz CT molecular complexity index is 1140. The molecule has 0 saturated carbocycles. The summed E-state index contributed by atoms with van der Waals surface area (Å²) < 4.78 is 2.03. The molecular weight excluding hydrogens is 348 g/mol. The van der Waals surface area contributed by atoms with E-state index in [-0.39, 0.29) is 9.48 Å². The Labute approximate surface area is 153 Å². The zero-order valence-electron chi connectivity index (χ0n) is 14.0. The van der Waals surface area contributed by atoms with Gasteiger partial charge in [0.15, 0.2) is 0 Å². The molecule has 2 nitrogen and oxygen atoms in total. The molecule has 124 valence electrons. The van der Waals surface area contributed by atoms with Gasteiger partial charge in [0.2, 0.25) is 9.48 Å². The Morgan fingerprint density at radius 2 is 1.12 bits per heavy atom. The fourth-order valence-corrected chi connectivity index (χ4v) is 4.69. The first-order valence-corrected chi connectivity index (χ1v) is 9.70. The number of hydrogen-bond donors (Lipinski definition) is 0. The van der Waals surface area contributed by atoms with Gasteiger partial charge >= 0.3 is 0 Å². The highest BCUT2D eigenvalue weighted by Gasteiger charge is 2.09. The summed E-state index contributed by atoms with van der Waals surface area (Å²) in [5, 5.41) is 2.12. The van der Waals surface area contributed by atoms with E-state index in [1.165, 1.54) is 22.7 Å². The van der Waals surface area contributed by atoms with Crippen LogP contribution in [0.5, 0.6) is 0 Å². The molecule has 0 fully saturated rings. The fraction of sp³-hybridized carbons (Fsp3) is 0.143. The molecule has 25 heavy (non-hydrogen) atoms. The molecule has 0 unspecified atom stereocenters. The lowest BCUT2D eigenvalue weighted by molar-refractivity contribution is 1.19. The maximum atomic E-state index is 12.5. The van der Waals surface area contributed by atoms with E-state index in [9.17, 15) is 9.59 Å². The minimum Gasteiger partial charge on any atom is -0.278 e. The molecule has 4 heteroatoms. The van der Waals surface area contributed by atoms with Crippen LogP contribution in [-0.2, 0) is 6.42 Å². The maximum Gasteiger partial charge on any atom is 0.236 e. The third kappa shape index (κ3) is 3.15. The van der Waals surface area contributed by atoms with Crippen LogP contribution >= 0.6 is 22.7 Å². The summed E-state index contributed by atoms with van der Waals surface area (Å²) in [7, 11) is 0. The molecule has 0 radical (unpaired) electrons. The van der Waals surface area contributed by atoms with Gasteiger partial charge in [-0.25, -0.2) is 0 Å². The Kier molecular flexibility index (Phi) is 4.02. The van der Waals surface area contributed by atoms with Gasteiger partial charge in [-0.15, -0.1) is 0 Å². The van der Waals surface area contributed by atoms with E-state index in [4.69, 9.17) is 0 Å². The van der Waals surface area contributed by atoms with E-state index < -0.39 is 0 Å². The summed E-state index contributed by atoms with van der Waals surface area (Å²) in [6, 6.07) is 16.0. The first-order chi connectivity index (χ1) is 12.0. The number of aryl methyl sites for hydroxylation is 2. The van der Waals surface area contributed by atoms with Crippen molar-refractivity contribution in [3.05, 3.63) is 89.9 Å².